The van der Waals surface area contributed by atoms with Crippen molar-refractivity contribution in [2.75, 3.05) is 11.1 Å². The van der Waals surface area contributed by atoms with Crippen molar-refractivity contribution >= 4 is 11.4 Å². The summed E-state index contributed by atoms with van der Waals surface area (Å²) in [6, 6.07) is 15.2. The Morgan fingerprint density at radius 1 is 1.11 bits per heavy atom. The van der Waals surface area contributed by atoms with Crippen LogP contribution in [0.4, 0.5) is 11.4 Å². The average Bonchev–Trinajstić information content (AvgIpc) is 2.74. The van der Waals surface area contributed by atoms with Crippen molar-refractivity contribution < 1.29 is 0 Å². The van der Waals surface area contributed by atoms with Gasteiger partial charge in [-0.1, -0.05) is 23.8 Å². The van der Waals surface area contributed by atoms with E-state index in [4.69, 9.17) is 5.73 Å². The van der Waals surface area contributed by atoms with Crippen molar-refractivity contribution in [3.8, 4) is 0 Å². The van der Waals surface area contributed by atoms with Gasteiger partial charge in [-0.2, -0.15) is 0 Å². The first kappa shape index (κ1) is 11.1. The van der Waals surface area contributed by atoms with E-state index in [-0.39, 0.29) is 0 Å². The van der Waals surface area contributed by atoms with Crippen molar-refractivity contribution in [3.63, 3.8) is 0 Å². The molecule has 1 aliphatic rings. The minimum Gasteiger partial charge on any atom is -0.399 e. The van der Waals surface area contributed by atoms with E-state index in [1.54, 1.807) is 0 Å². The summed E-state index contributed by atoms with van der Waals surface area (Å²) >= 11 is 0. The second kappa shape index (κ2) is 4.37. The average molecular weight is 238 g/mol. The van der Waals surface area contributed by atoms with Gasteiger partial charge in [-0.3, -0.25) is 0 Å². The molecule has 2 nitrogen and oxygen atoms in total. The third-order valence-electron chi connectivity index (χ3n) is 3.64. The van der Waals surface area contributed by atoms with Gasteiger partial charge in [-0.15, -0.1) is 0 Å². The highest BCUT2D eigenvalue weighted by Crippen LogP contribution is 2.34. The lowest BCUT2D eigenvalue weighted by atomic mass is 10.1. The maximum absolute atomic E-state index is 5.83. The molecule has 0 fully saturated rings. The monoisotopic (exact) mass is 238 g/mol. The van der Waals surface area contributed by atoms with E-state index in [1.165, 1.54) is 22.4 Å². The molecule has 2 heteroatoms. The fraction of sp³-hybridized carbons (Fsp3) is 0.250. The van der Waals surface area contributed by atoms with E-state index in [9.17, 15) is 0 Å². The smallest absolute Gasteiger partial charge is 0.0519 e. The summed E-state index contributed by atoms with van der Waals surface area (Å²) < 4.78 is 0. The molecular formula is C16H18N2. The Hall–Kier alpha value is -1.96. The van der Waals surface area contributed by atoms with Crippen LogP contribution in [0.25, 0.3) is 0 Å². The Labute approximate surface area is 108 Å². The standard InChI is InChI=1S/C16H18N2/c1-11-2-6-14(7-3-11)18-16-9-4-12-10-13(17)5-8-15(12)16/h2-3,5-8,10,16,18H,4,9,17H2,1H3. The molecule has 0 saturated heterocycles. The van der Waals surface area contributed by atoms with Crippen LogP contribution in [-0.4, -0.2) is 0 Å². The number of hydrogen-bond acceptors (Lipinski definition) is 2. The summed E-state index contributed by atoms with van der Waals surface area (Å²) in [5, 5.41) is 3.60. The van der Waals surface area contributed by atoms with Gasteiger partial charge in [-0.25, -0.2) is 0 Å². The third-order valence-corrected chi connectivity index (χ3v) is 3.64. The lowest BCUT2D eigenvalue weighted by molar-refractivity contribution is 0.762. The number of rotatable bonds is 2. The van der Waals surface area contributed by atoms with E-state index in [1.807, 2.05) is 6.07 Å². The fourth-order valence-electron chi connectivity index (χ4n) is 2.64. The van der Waals surface area contributed by atoms with Crippen LogP contribution in [0.15, 0.2) is 42.5 Å². The Morgan fingerprint density at radius 3 is 2.67 bits per heavy atom. The van der Waals surface area contributed by atoms with E-state index < -0.39 is 0 Å². The Kier molecular flexibility index (Phi) is 2.71. The molecule has 3 rings (SSSR count). The fourth-order valence-corrected chi connectivity index (χ4v) is 2.64. The van der Waals surface area contributed by atoms with Crippen molar-refractivity contribution in [1.82, 2.24) is 0 Å². The van der Waals surface area contributed by atoms with Gasteiger partial charge >= 0.3 is 0 Å². The first-order chi connectivity index (χ1) is 8.72. The van der Waals surface area contributed by atoms with Gasteiger partial charge in [0, 0.05) is 11.4 Å². The van der Waals surface area contributed by atoms with Crippen LogP contribution in [0.5, 0.6) is 0 Å². The van der Waals surface area contributed by atoms with E-state index in [2.05, 4.69) is 48.6 Å². The predicted molar refractivity (Wildman–Crippen MR) is 76.7 cm³/mol. The highest BCUT2D eigenvalue weighted by Gasteiger charge is 2.22. The first-order valence-electron chi connectivity index (χ1n) is 6.44. The molecule has 1 unspecified atom stereocenters. The number of nitrogens with two attached hydrogens (primary N) is 1. The normalized spacial score (nSPS) is 17.5. The van der Waals surface area contributed by atoms with Crippen molar-refractivity contribution in [3.05, 3.63) is 59.2 Å². The van der Waals surface area contributed by atoms with Crippen molar-refractivity contribution in [1.29, 1.82) is 0 Å². The maximum atomic E-state index is 5.83. The molecule has 0 radical (unpaired) electrons. The molecule has 2 aromatic rings. The summed E-state index contributed by atoms with van der Waals surface area (Å²) in [5.41, 5.74) is 12.0. The molecule has 0 saturated carbocycles. The third kappa shape index (κ3) is 2.06. The van der Waals surface area contributed by atoms with Crippen LogP contribution in [0, 0.1) is 6.92 Å². The SMILES string of the molecule is Cc1ccc(NC2CCc3cc(N)ccc32)cc1. The Morgan fingerprint density at radius 2 is 1.89 bits per heavy atom. The topological polar surface area (TPSA) is 38.0 Å². The minimum atomic E-state index is 0.420. The summed E-state index contributed by atoms with van der Waals surface area (Å²) in [4.78, 5) is 0. The van der Waals surface area contributed by atoms with Crippen LogP contribution in [0.1, 0.15) is 29.2 Å². The molecule has 3 N–H and O–H groups in total. The molecule has 0 heterocycles. The minimum absolute atomic E-state index is 0.420. The number of hydrogen-bond donors (Lipinski definition) is 2. The Bertz CT molecular complexity index is 558. The van der Waals surface area contributed by atoms with Crippen LogP contribution in [0.2, 0.25) is 0 Å². The highest BCUT2D eigenvalue weighted by molar-refractivity contribution is 5.52. The van der Waals surface area contributed by atoms with Crippen molar-refractivity contribution in [2.24, 2.45) is 0 Å². The van der Waals surface area contributed by atoms with Crippen LogP contribution >= 0.6 is 0 Å². The van der Waals surface area contributed by atoms with Gasteiger partial charge in [0.2, 0.25) is 0 Å². The molecule has 2 aromatic carbocycles. The molecule has 18 heavy (non-hydrogen) atoms. The Balaban J connectivity index is 1.82. The largest absolute Gasteiger partial charge is 0.399 e. The summed E-state index contributed by atoms with van der Waals surface area (Å²) in [6.45, 7) is 2.11. The molecule has 0 amide bonds. The highest BCUT2D eigenvalue weighted by atomic mass is 14.9. The van der Waals surface area contributed by atoms with E-state index in [0.717, 1.165) is 18.5 Å². The second-order valence-corrected chi connectivity index (χ2v) is 5.06. The van der Waals surface area contributed by atoms with Crippen LogP contribution < -0.4 is 11.1 Å². The van der Waals surface area contributed by atoms with Gasteiger partial charge in [0.15, 0.2) is 0 Å². The molecular weight excluding hydrogens is 220 g/mol. The van der Waals surface area contributed by atoms with E-state index >= 15 is 0 Å². The second-order valence-electron chi connectivity index (χ2n) is 5.06. The number of nitrogen functional groups attached to an aromatic ring is 1. The summed E-state index contributed by atoms with van der Waals surface area (Å²) in [7, 11) is 0. The molecule has 92 valence electrons. The zero-order chi connectivity index (χ0) is 12.5. The maximum Gasteiger partial charge on any atom is 0.0519 e. The zero-order valence-electron chi connectivity index (χ0n) is 10.6. The quantitative estimate of drug-likeness (QED) is 0.783. The van der Waals surface area contributed by atoms with Crippen LogP contribution in [-0.2, 0) is 6.42 Å². The zero-order valence-corrected chi connectivity index (χ0v) is 10.6. The first-order valence-corrected chi connectivity index (χ1v) is 6.44. The van der Waals surface area contributed by atoms with Crippen LogP contribution in [0.3, 0.4) is 0 Å². The lowest BCUT2D eigenvalue weighted by Gasteiger charge is -2.15. The number of fused-ring (bicyclic) bond motifs is 1. The molecule has 0 bridgehead atoms. The number of nitrogens with one attached hydrogen (secondary N) is 1. The number of anilines is 2. The van der Waals surface area contributed by atoms with Gasteiger partial charge in [-0.05, 0) is 55.2 Å². The van der Waals surface area contributed by atoms with Gasteiger partial charge in [0.05, 0.1) is 6.04 Å². The predicted octanol–water partition coefficient (Wildman–Crippen LogP) is 3.68. The molecule has 0 spiro atoms. The van der Waals surface area contributed by atoms with Crippen molar-refractivity contribution in [2.45, 2.75) is 25.8 Å². The van der Waals surface area contributed by atoms with Gasteiger partial charge < -0.3 is 11.1 Å². The molecule has 0 aromatic heterocycles. The number of aryl methyl sites for hydroxylation is 2. The molecule has 1 aliphatic carbocycles. The number of benzene rings is 2. The van der Waals surface area contributed by atoms with Gasteiger partial charge in [0.25, 0.3) is 0 Å². The molecule has 1 atom stereocenters. The summed E-state index contributed by atoms with van der Waals surface area (Å²) in [5.74, 6) is 0. The van der Waals surface area contributed by atoms with Gasteiger partial charge in [0.1, 0.15) is 0 Å². The lowest BCUT2D eigenvalue weighted by Crippen LogP contribution is -2.06. The summed E-state index contributed by atoms with van der Waals surface area (Å²) in [6.07, 6.45) is 2.26. The van der Waals surface area contributed by atoms with E-state index in [0.29, 0.717) is 6.04 Å². The molecule has 0 aliphatic heterocycles.